The Morgan fingerprint density at radius 2 is 2.03 bits per heavy atom. The summed E-state index contributed by atoms with van der Waals surface area (Å²) in [4.78, 5) is 23.1. The Bertz CT molecular complexity index is 1150. The maximum absolute atomic E-state index is 12.6. The number of hydrogen-bond donors (Lipinski definition) is 0. The molecule has 4 rings (SSSR count). The van der Waals surface area contributed by atoms with Gasteiger partial charge in [-0.15, -0.1) is 0 Å². The highest BCUT2D eigenvalue weighted by Crippen LogP contribution is 2.34. The van der Waals surface area contributed by atoms with Crippen molar-refractivity contribution in [2.45, 2.75) is 52.7 Å². The summed E-state index contributed by atoms with van der Waals surface area (Å²) in [6.07, 6.45) is 3.42. The maximum Gasteiger partial charge on any atom is 0.410 e. The Hall–Kier alpha value is -2.31. The van der Waals surface area contributed by atoms with Crippen molar-refractivity contribution in [3.8, 4) is 11.3 Å². The van der Waals surface area contributed by atoms with Crippen molar-refractivity contribution >= 4 is 40.3 Å². The Kier molecular flexibility index (Phi) is 6.37. The number of likely N-dealkylation sites (tertiary alicyclic amines) is 1. The molecule has 1 aliphatic heterocycles. The van der Waals surface area contributed by atoms with Crippen molar-refractivity contribution in [2.75, 3.05) is 13.1 Å². The van der Waals surface area contributed by atoms with Crippen LogP contribution in [-0.2, 0) is 11.3 Å². The number of benzene rings is 1. The van der Waals surface area contributed by atoms with E-state index in [0.717, 1.165) is 40.7 Å². The quantitative estimate of drug-likeness (QED) is 0.414. The van der Waals surface area contributed by atoms with Gasteiger partial charge in [0, 0.05) is 36.8 Å². The minimum Gasteiger partial charge on any atom is -0.444 e. The second kappa shape index (κ2) is 8.91. The lowest BCUT2D eigenvalue weighted by Crippen LogP contribution is -2.43. The van der Waals surface area contributed by atoms with Crippen LogP contribution in [0.2, 0.25) is 10.3 Å². The van der Waals surface area contributed by atoms with Crippen molar-refractivity contribution in [3.63, 3.8) is 0 Å². The number of nitrogens with zero attached hydrogens (tertiary/aromatic N) is 4. The van der Waals surface area contributed by atoms with Gasteiger partial charge in [-0.1, -0.05) is 23.7 Å². The fourth-order valence-electron chi connectivity index (χ4n) is 4.22. The molecule has 170 valence electrons. The molecular weight excluding hydrogens is 447 g/mol. The van der Waals surface area contributed by atoms with Crippen molar-refractivity contribution in [1.82, 2.24) is 19.4 Å². The first-order chi connectivity index (χ1) is 15.1. The van der Waals surface area contributed by atoms with Gasteiger partial charge in [0.15, 0.2) is 0 Å². The van der Waals surface area contributed by atoms with E-state index in [-0.39, 0.29) is 17.3 Å². The largest absolute Gasteiger partial charge is 0.444 e. The van der Waals surface area contributed by atoms with Crippen LogP contribution < -0.4 is 0 Å². The van der Waals surface area contributed by atoms with Crippen molar-refractivity contribution < 1.29 is 9.53 Å². The van der Waals surface area contributed by atoms with Gasteiger partial charge in [0.25, 0.3) is 0 Å². The molecule has 32 heavy (non-hydrogen) atoms. The molecule has 0 N–H and O–H groups in total. The predicted octanol–water partition coefficient (Wildman–Crippen LogP) is 6.36. The van der Waals surface area contributed by atoms with Gasteiger partial charge >= 0.3 is 6.09 Å². The van der Waals surface area contributed by atoms with E-state index in [1.807, 2.05) is 50.8 Å². The maximum atomic E-state index is 12.6. The number of halogens is 2. The average Bonchev–Trinajstić information content (AvgIpc) is 3.04. The van der Waals surface area contributed by atoms with Gasteiger partial charge in [-0.2, -0.15) is 4.98 Å². The van der Waals surface area contributed by atoms with Gasteiger partial charge in [0.2, 0.25) is 5.28 Å². The fourth-order valence-corrected chi connectivity index (χ4v) is 4.68. The zero-order valence-electron chi connectivity index (χ0n) is 18.9. The molecule has 1 fully saturated rings. The van der Waals surface area contributed by atoms with Crippen LogP contribution in [0.4, 0.5) is 4.79 Å². The highest BCUT2D eigenvalue weighted by Gasteiger charge is 2.29. The zero-order valence-corrected chi connectivity index (χ0v) is 20.4. The lowest BCUT2D eigenvalue weighted by Gasteiger charge is -2.34. The van der Waals surface area contributed by atoms with Gasteiger partial charge in [0.05, 0.1) is 10.7 Å². The minimum absolute atomic E-state index is 0.206. The number of rotatable bonds is 3. The number of carbonyl (C=O) groups is 1. The van der Waals surface area contributed by atoms with Gasteiger partial charge in [0.1, 0.15) is 11.2 Å². The number of aryl methyl sites for hydroxylation is 1. The molecule has 1 unspecified atom stereocenters. The Labute approximate surface area is 198 Å². The smallest absolute Gasteiger partial charge is 0.410 e. The molecule has 0 bridgehead atoms. The zero-order chi connectivity index (χ0) is 23.0. The molecule has 1 saturated heterocycles. The van der Waals surface area contributed by atoms with Crippen molar-refractivity contribution in [2.24, 2.45) is 5.92 Å². The number of piperidine rings is 1. The summed E-state index contributed by atoms with van der Waals surface area (Å²) in [7, 11) is 0. The first-order valence-electron chi connectivity index (χ1n) is 10.9. The Balaban J connectivity index is 1.67. The van der Waals surface area contributed by atoms with E-state index in [2.05, 4.69) is 20.6 Å². The molecule has 3 heterocycles. The molecule has 3 aromatic rings. The molecule has 0 spiro atoms. The van der Waals surface area contributed by atoms with E-state index >= 15 is 0 Å². The number of ether oxygens (including phenoxy) is 1. The van der Waals surface area contributed by atoms with E-state index in [0.29, 0.717) is 24.7 Å². The molecule has 1 aliphatic rings. The topological polar surface area (TPSA) is 60.2 Å². The SMILES string of the molecule is Cc1ccc(-c2cc3cnc(Cl)nc3n2CC2CCCN(C(=O)OC(C)(C)C)C2)c(Cl)c1. The van der Waals surface area contributed by atoms with E-state index in [9.17, 15) is 4.79 Å². The number of carbonyl (C=O) groups excluding carboxylic acids is 1. The number of amides is 1. The third kappa shape index (κ3) is 5.02. The van der Waals surface area contributed by atoms with Crippen LogP contribution in [0.3, 0.4) is 0 Å². The summed E-state index contributed by atoms with van der Waals surface area (Å²) in [5, 5.41) is 1.80. The third-order valence-corrected chi connectivity index (χ3v) is 6.11. The van der Waals surface area contributed by atoms with Crippen LogP contribution in [-0.4, -0.2) is 44.2 Å². The summed E-state index contributed by atoms with van der Waals surface area (Å²) in [5.74, 6) is 0.253. The van der Waals surface area contributed by atoms with Crippen LogP contribution in [0.25, 0.3) is 22.3 Å². The molecule has 2 aromatic heterocycles. The minimum atomic E-state index is -0.510. The summed E-state index contributed by atoms with van der Waals surface area (Å²) in [5.41, 5.74) is 3.27. The van der Waals surface area contributed by atoms with E-state index < -0.39 is 5.60 Å². The molecule has 1 aromatic carbocycles. The number of aromatic nitrogens is 3. The van der Waals surface area contributed by atoms with Gasteiger partial charge in [-0.05, 0) is 75.8 Å². The molecule has 0 radical (unpaired) electrons. The molecular formula is C24H28Cl2N4O2. The first kappa shape index (κ1) is 22.9. The second-order valence-corrected chi connectivity index (χ2v) is 10.2. The molecule has 1 atom stereocenters. The number of hydrogen-bond acceptors (Lipinski definition) is 4. The van der Waals surface area contributed by atoms with Crippen molar-refractivity contribution in [1.29, 1.82) is 0 Å². The van der Waals surface area contributed by atoms with Gasteiger partial charge in [-0.3, -0.25) is 0 Å². The average molecular weight is 475 g/mol. The second-order valence-electron chi connectivity index (χ2n) is 9.48. The van der Waals surface area contributed by atoms with E-state index in [1.165, 1.54) is 0 Å². The molecule has 8 heteroatoms. The highest BCUT2D eigenvalue weighted by molar-refractivity contribution is 6.33. The summed E-state index contributed by atoms with van der Waals surface area (Å²) in [6.45, 7) is 9.72. The predicted molar refractivity (Wildman–Crippen MR) is 128 cm³/mol. The lowest BCUT2D eigenvalue weighted by atomic mass is 9.98. The fraction of sp³-hybridized carbons (Fsp3) is 0.458. The molecule has 0 aliphatic carbocycles. The highest BCUT2D eigenvalue weighted by atomic mass is 35.5. The van der Waals surface area contributed by atoms with Crippen LogP contribution >= 0.6 is 23.2 Å². The van der Waals surface area contributed by atoms with E-state index in [1.54, 1.807) is 6.20 Å². The van der Waals surface area contributed by atoms with Crippen LogP contribution in [0.1, 0.15) is 39.2 Å². The molecule has 6 nitrogen and oxygen atoms in total. The van der Waals surface area contributed by atoms with Crippen LogP contribution in [0, 0.1) is 12.8 Å². The Morgan fingerprint density at radius 3 is 2.75 bits per heavy atom. The van der Waals surface area contributed by atoms with Gasteiger partial charge < -0.3 is 14.2 Å². The molecule has 1 amide bonds. The molecule has 0 saturated carbocycles. The monoisotopic (exact) mass is 474 g/mol. The summed E-state index contributed by atoms with van der Waals surface area (Å²) >= 11 is 12.8. The summed E-state index contributed by atoms with van der Waals surface area (Å²) in [6, 6.07) is 8.09. The van der Waals surface area contributed by atoms with Crippen LogP contribution in [0.5, 0.6) is 0 Å². The normalized spacial score (nSPS) is 17.1. The van der Waals surface area contributed by atoms with E-state index in [4.69, 9.17) is 27.9 Å². The summed E-state index contributed by atoms with van der Waals surface area (Å²) < 4.78 is 7.75. The standard InChI is InChI=1S/C24H28Cl2N4O2/c1-15-7-8-18(19(25)10-15)20-11-17-12-27-22(26)28-21(17)30(20)14-16-6-5-9-29(13-16)23(31)32-24(2,3)4/h7-8,10-12,16H,5-6,9,13-14H2,1-4H3. The van der Waals surface area contributed by atoms with Gasteiger partial charge in [-0.25, -0.2) is 9.78 Å². The third-order valence-electron chi connectivity index (χ3n) is 5.62. The lowest BCUT2D eigenvalue weighted by molar-refractivity contribution is 0.0158. The van der Waals surface area contributed by atoms with Crippen molar-refractivity contribution in [3.05, 3.63) is 46.3 Å². The van der Waals surface area contributed by atoms with Crippen LogP contribution in [0.15, 0.2) is 30.5 Å². The Morgan fingerprint density at radius 1 is 1.25 bits per heavy atom. The number of fused-ring (bicyclic) bond motifs is 1. The first-order valence-corrected chi connectivity index (χ1v) is 11.6.